The predicted octanol–water partition coefficient (Wildman–Crippen LogP) is 2.16. The van der Waals surface area contributed by atoms with Crippen molar-refractivity contribution in [2.24, 2.45) is 4.99 Å². The first-order valence-corrected chi connectivity index (χ1v) is 7.33. The molecule has 1 aliphatic rings. The Balaban J connectivity index is 0.00000242. The standard InChI is InChI=1S/C16H25N3O2.HI/c1-17-15(18-10-11-20-2)19-12-16(8-9-16)13-6-4-5-7-14(13)21-3;/h4-7H,8-12H2,1-3H3,(H2,17,18,19);1H. The summed E-state index contributed by atoms with van der Waals surface area (Å²) in [7, 11) is 5.21. The van der Waals surface area contributed by atoms with Gasteiger partial charge in [-0.3, -0.25) is 4.99 Å². The van der Waals surface area contributed by atoms with Crippen LogP contribution in [0.4, 0.5) is 0 Å². The molecule has 0 saturated heterocycles. The van der Waals surface area contributed by atoms with Crippen molar-refractivity contribution in [3.05, 3.63) is 29.8 Å². The molecule has 2 rings (SSSR count). The van der Waals surface area contributed by atoms with Gasteiger partial charge in [0.25, 0.3) is 0 Å². The van der Waals surface area contributed by atoms with Crippen LogP contribution in [-0.2, 0) is 10.2 Å². The number of para-hydroxylation sites is 1. The van der Waals surface area contributed by atoms with Gasteiger partial charge in [-0.2, -0.15) is 0 Å². The number of rotatable bonds is 7. The molecule has 0 bridgehead atoms. The average Bonchev–Trinajstić information content (AvgIpc) is 3.32. The van der Waals surface area contributed by atoms with Gasteiger partial charge in [0.1, 0.15) is 5.75 Å². The summed E-state index contributed by atoms with van der Waals surface area (Å²) in [6, 6.07) is 8.27. The number of aliphatic imine (C=N–C) groups is 1. The van der Waals surface area contributed by atoms with Gasteiger partial charge >= 0.3 is 0 Å². The zero-order chi connectivity index (χ0) is 15.1. The number of hydrogen-bond acceptors (Lipinski definition) is 3. The van der Waals surface area contributed by atoms with Gasteiger partial charge in [-0.15, -0.1) is 24.0 Å². The van der Waals surface area contributed by atoms with E-state index in [1.165, 1.54) is 18.4 Å². The minimum atomic E-state index is 0. The lowest BCUT2D eigenvalue weighted by Gasteiger charge is -2.21. The Labute approximate surface area is 149 Å². The Morgan fingerprint density at radius 3 is 2.55 bits per heavy atom. The van der Waals surface area contributed by atoms with Crippen molar-refractivity contribution >= 4 is 29.9 Å². The maximum atomic E-state index is 5.49. The lowest BCUT2D eigenvalue weighted by molar-refractivity contribution is 0.203. The van der Waals surface area contributed by atoms with Crippen molar-refractivity contribution in [2.75, 3.05) is 41.0 Å². The van der Waals surface area contributed by atoms with E-state index in [4.69, 9.17) is 9.47 Å². The van der Waals surface area contributed by atoms with Gasteiger partial charge in [0, 0.05) is 38.2 Å². The van der Waals surface area contributed by atoms with Crippen LogP contribution in [-0.4, -0.2) is 46.9 Å². The minimum absolute atomic E-state index is 0. The van der Waals surface area contributed by atoms with Crippen molar-refractivity contribution in [3.8, 4) is 5.75 Å². The van der Waals surface area contributed by atoms with Gasteiger partial charge in [-0.05, 0) is 18.9 Å². The molecular formula is C16H26IN3O2. The summed E-state index contributed by atoms with van der Waals surface area (Å²) in [5.74, 6) is 1.78. The highest BCUT2D eigenvalue weighted by Gasteiger charge is 2.45. The molecule has 0 radical (unpaired) electrons. The molecule has 0 aliphatic heterocycles. The third-order valence-corrected chi connectivity index (χ3v) is 3.95. The van der Waals surface area contributed by atoms with E-state index in [0.29, 0.717) is 6.61 Å². The van der Waals surface area contributed by atoms with Crippen LogP contribution >= 0.6 is 24.0 Å². The van der Waals surface area contributed by atoms with E-state index in [1.54, 1.807) is 21.3 Å². The van der Waals surface area contributed by atoms with Gasteiger partial charge < -0.3 is 20.1 Å². The molecule has 0 heterocycles. The lowest BCUT2D eigenvalue weighted by Crippen LogP contribution is -2.42. The average molecular weight is 419 g/mol. The van der Waals surface area contributed by atoms with Crippen LogP contribution in [0.5, 0.6) is 5.75 Å². The van der Waals surface area contributed by atoms with Gasteiger partial charge in [-0.25, -0.2) is 0 Å². The highest BCUT2D eigenvalue weighted by atomic mass is 127. The van der Waals surface area contributed by atoms with E-state index in [0.717, 1.165) is 24.8 Å². The summed E-state index contributed by atoms with van der Waals surface area (Å²) < 4.78 is 10.5. The number of nitrogens with zero attached hydrogens (tertiary/aromatic N) is 1. The molecule has 1 aliphatic carbocycles. The fraction of sp³-hybridized carbons (Fsp3) is 0.562. The zero-order valence-corrected chi connectivity index (χ0v) is 15.8. The third kappa shape index (κ3) is 4.74. The van der Waals surface area contributed by atoms with Crippen LogP contribution in [0.25, 0.3) is 0 Å². The van der Waals surface area contributed by atoms with E-state index < -0.39 is 0 Å². The largest absolute Gasteiger partial charge is 0.496 e. The molecule has 1 aromatic rings. The van der Waals surface area contributed by atoms with E-state index >= 15 is 0 Å². The molecule has 0 spiro atoms. The van der Waals surface area contributed by atoms with E-state index in [1.807, 2.05) is 12.1 Å². The highest BCUT2D eigenvalue weighted by Crippen LogP contribution is 2.50. The molecule has 2 N–H and O–H groups in total. The monoisotopic (exact) mass is 419 g/mol. The lowest BCUT2D eigenvalue weighted by atomic mass is 9.95. The second kappa shape index (κ2) is 9.19. The van der Waals surface area contributed by atoms with Gasteiger partial charge in [0.15, 0.2) is 5.96 Å². The smallest absolute Gasteiger partial charge is 0.191 e. The minimum Gasteiger partial charge on any atom is -0.496 e. The number of benzene rings is 1. The number of halogens is 1. The number of ether oxygens (including phenoxy) is 2. The van der Waals surface area contributed by atoms with Crippen LogP contribution in [0.15, 0.2) is 29.3 Å². The topological polar surface area (TPSA) is 54.9 Å². The second-order valence-corrected chi connectivity index (χ2v) is 5.33. The molecule has 124 valence electrons. The first kappa shape index (κ1) is 19.0. The first-order valence-electron chi connectivity index (χ1n) is 7.33. The van der Waals surface area contributed by atoms with E-state index in [9.17, 15) is 0 Å². The Morgan fingerprint density at radius 1 is 1.23 bits per heavy atom. The van der Waals surface area contributed by atoms with Crippen LogP contribution < -0.4 is 15.4 Å². The summed E-state index contributed by atoms with van der Waals surface area (Å²) in [4.78, 5) is 4.23. The Kier molecular flexibility index (Phi) is 7.95. The van der Waals surface area contributed by atoms with Crippen LogP contribution in [0.1, 0.15) is 18.4 Å². The number of hydrogen-bond donors (Lipinski definition) is 2. The summed E-state index contributed by atoms with van der Waals surface area (Å²) in [6.45, 7) is 2.27. The predicted molar refractivity (Wildman–Crippen MR) is 101 cm³/mol. The number of guanidine groups is 1. The van der Waals surface area contributed by atoms with Crippen molar-refractivity contribution in [2.45, 2.75) is 18.3 Å². The van der Waals surface area contributed by atoms with Crippen molar-refractivity contribution in [1.82, 2.24) is 10.6 Å². The van der Waals surface area contributed by atoms with Gasteiger partial charge in [0.05, 0.1) is 13.7 Å². The molecule has 0 aromatic heterocycles. The van der Waals surface area contributed by atoms with Gasteiger partial charge in [-0.1, -0.05) is 18.2 Å². The van der Waals surface area contributed by atoms with Crippen LogP contribution in [0, 0.1) is 0 Å². The number of methoxy groups -OCH3 is 2. The van der Waals surface area contributed by atoms with E-state index in [2.05, 4.69) is 27.8 Å². The number of nitrogens with one attached hydrogen (secondary N) is 2. The molecule has 1 fully saturated rings. The van der Waals surface area contributed by atoms with Gasteiger partial charge in [0.2, 0.25) is 0 Å². The molecule has 1 aromatic carbocycles. The molecule has 22 heavy (non-hydrogen) atoms. The highest BCUT2D eigenvalue weighted by molar-refractivity contribution is 14.0. The fourth-order valence-electron chi connectivity index (χ4n) is 2.52. The maximum Gasteiger partial charge on any atom is 0.191 e. The Morgan fingerprint density at radius 2 is 1.95 bits per heavy atom. The van der Waals surface area contributed by atoms with Crippen molar-refractivity contribution in [1.29, 1.82) is 0 Å². The zero-order valence-electron chi connectivity index (χ0n) is 13.5. The molecule has 0 atom stereocenters. The summed E-state index contributed by atoms with van der Waals surface area (Å²) in [6.07, 6.45) is 2.35. The molecule has 1 saturated carbocycles. The third-order valence-electron chi connectivity index (χ3n) is 3.95. The Bertz CT molecular complexity index is 490. The van der Waals surface area contributed by atoms with Crippen LogP contribution in [0.2, 0.25) is 0 Å². The normalized spacial score (nSPS) is 15.7. The molecular weight excluding hydrogens is 393 g/mol. The Hall–Kier alpha value is -1.02. The summed E-state index contributed by atoms with van der Waals surface area (Å²) in [5.41, 5.74) is 1.46. The van der Waals surface area contributed by atoms with Crippen molar-refractivity contribution in [3.63, 3.8) is 0 Å². The van der Waals surface area contributed by atoms with Crippen LogP contribution in [0.3, 0.4) is 0 Å². The van der Waals surface area contributed by atoms with E-state index in [-0.39, 0.29) is 29.4 Å². The maximum absolute atomic E-state index is 5.49. The molecule has 6 heteroatoms. The SMILES string of the molecule is CN=C(NCCOC)NCC1(c2ccccc2OC)CC1.I. The fourth-order valence-corrected chi connectivity index (χ4v) is 2.52. The van der Waals surface area contributed by atoms with Crippen molar-refractivity contribution < 1.29 is 9.47 Å². The molecule has 0 unspecified atom stereocenters. The molecule has 5 nitrogen and oxygen atoms in total. The quantitative estimate of drug-likeness (QED) is 0.308. The summed E-state index contributed by atoms with van der Waals surface area (Å²) >= 11 is 0. The second-order valence-electron chi connectivity index (χ2n) is 5.33. The summed E-state index contributed by atoms with van der Waals surface area (Å²) in [5, 5.41) is 6.64. The first-order chi connectivity index (χ1) is 10.3. The molecule has 0 amide bonds.